The number of ether oxygens (including phenoxy) is 1. The molecule has 3 rings (SSSR count). The van der Waals surface area contributed by atoms with Crippen molar-refractivity contribution in [3.63, 3.8) is 0 Å². The summed E-state index contributed by atoms with van der Waals surface area (Å²) >= 11 is 12.9. The molecule has 0 unspecified atom stereocenters. The average Bonchev–Trinajstić information content (AvgIpc) is 3.00. The van der Waals surface area contributed by atoms with Gasteiger partial charge in [-0.25, -0.2) is 14.8 Å². The second-order valence-corrected chi connectivity index (χ2v) is 6.78. The zero-order chi connectivity index (χ0) is 18.1. The number of halogens is 2. The number of aromatic nitrogens is 2. The van der Waals surface area contributed by atoms with E-state index in [0.717, 1.165) is 11.3 Å². The van der Waals surface area contributed by atoms with E-state index >= 15 is 0 Å². The summed E-state index contributed by atoms with van der Waals surface area (Å²) in [5, 5.41) is 1.02. The van der Waals surface area contributed by atoms with Gasteiger partial charge in [0.15, 0.2) is 0 Å². The van der Waals surface area contributed by atoms with Gasteiger partial charge in [-0.15, -0.1) is 11.3 Å². The highest BCUT2D eigenvalue weighted by molar-refractivity contribution is 7.20. The van der Waals surface area contributed by atoms with Gasteiger partial charge >= 0.3 is 5.97 Å². The Morgan fingerprint density at radius 2 is 1.96 bits per heavy atom. The lowest BCUT2D eigenvalue weighted by Crippen LogP contribution is -2.08. The summed E-state index contributed by atoms with van der Waals surface area (Å²) in [7, 11) is 0. The minimum Gasteiger partial charge on any atom is -0.462 e. The molecule has 2 N–H and O–H groups in total. The maximum atomic E-state index is 12.8. The molecule has 128 valence electrons. The molecule has 2 aromatic heterocycles. The number of nitrogens with zero attached hydrogens (tertiary/aromatic N) is 2. The van der Waals surface area contributed by atoms with Gasteiger partial charge in [-0.1, -0.05) is 23.2 Å². The predicted octanol–water partition coefficient (Wildman–Crippen LogP) is 3.99. The summed E-state index contributed by atoms with van der Waals surface area (Å²) in [4.78, 5) is 33.6. The van der Waals surface area contributed by atoms with Crippen LogP contribution in [0.1, 0.15) is 32.6 Å². The molecule has 0 saturated carbocycles. The monoisotopic (exact) mass is 395 g/mol. The van der Waals surface area contributed by atoms with Crippen molar-refractivity contribution in [3.05, 3.63) is 50.4 Å². The van der Waals surface area contributed by atoms with E-state index in [1.165, 1.54) is 18.2 Å². The molecule has 9 heteroatoms. The molecule has 25 heavy (non-hydrogen) atoms. The van der Waals surface area contributed by atoms with Gasteiger partial charge in [-0.2, -0.15) is 0 Å². The molecule has 0 aliphatic heterocycles. The van der Waals surface area contributed by atoms with Crippen molar-refractivity contribution < 1.29 is 14.3 Å². The third kappa shape index (κ3) is 3.44. The molecule has 0 aliphatic carbocycles. The Hall–Kier alpha value is -2.22. The van der Waals surface area contributed by atoms with E-state index in [9.17, 15) is 9.59 Å². The fourth-order valence-electron chi connectivity index (χ4n) is 2.19. The molecule has 0 spiro atoms. The lowest BCUT2D eigenvalue weighted by atomic mass is 10.1. The largest absolute Gasteiger partial charge is 0.462 e. The van der Waals surface area contributed by atoms with Gasteiger partial charge in [-0.05, 0) is 31.2 Å². The van der Waals surface area contributed by atoms with E-state index < -0.39 is 11.8 Å². The van der Waals surface area contributed by atoms with E-state index in [4.69, 9.17) is 33.7 Å². The number of hydrogen-bond donors (Lipinski definition) is 1. The average molecular weight is 396 g/mol. The normalized spacial score (nSPS) is 10.8. The third-order valence-electron chi connectivity index (χ3n) is 3.28. The number of esters is 1. The summed E-state index contributed by atoms with van der Waals surface area (Å²) < 4.78 is 4.98. The molecule has 6 nitrogen and oxygen atoms in total. The first-order chi connectivity index (χ1) is 11.9. The molecule has 0 saturated heterocycles. The smallest absolute Gasteiger partial charge is 0.348 e. The zero-order valence-corrected chi connectivity index (χ0v) is 15.2. The van der Waals surface area contributed by atoms with Gasteiger partial charge < -0.3 is 10.5 Å². The van der Waals surface area contributed by atoms with Crippen LogP contribution in [0.5, 0.6) is 0 Å². The first-order valence-corrected chi connectivity index (χ1v) is 8.72. The lowest BCUT2D eigenvalue weighted by molar-refractivity contribution is 0.0532. The van der Waals surface area contributed by atoms with E-state index in [1.54, 1.807) is 13.0 Å². The number of anilines is 1. The topological polar surface area (TPSA) is 95.2 Å². The Morgan fingerprint density at radius 1 is 1.20 bits per heavy atom. The summed E-state index contributed by atoms with van der Waals surface area (Å²) in [6.07, 6.45) is 0. The number of nitrogen functional groups attached to an aromatic ring is 1. The fourth-order valence-corrected chi connectivity index (χ4v) is 3.42. The highest BCUT2D eigenvalue weighted by Gasteiger charge is 2.21. The van der Waals surface area contributed by atoms with E-state index in [-0.39, 0.29) is 23.3 Å². The highest BCUT2D eigenvalue weighted by Crippen LogP contribution is 2.30. The number of nitrogens with two attached hydrogens (primary N) is 1. The predicted molar refractivity (Wildman–Crippen MR) is 97.7 cm³/mol. The van der Waals surface area contributed by atoms with Crippen molar-refractivity contribution in [1.82, 2.24) is 9.97 Å². The summed E-state index contributed by atoms with van der Waals surface area (Å²) in [6, 6.07) is 6.05. The molecule has 0 amide bonds. The Labute approximate surface area is 156 Å². The Kier molecular flexibility index (Phi) is 4.89. The second kappa shape index (κ2) is 6.95. The van der Waals surface area contributed by atoms with Crippen molar-refractivity contribution >= 4 is 62.5 Å². The number of ketones is 1. The van der Waals surface area contributed by atoms with Gasteiger partial charge in [0.1, 0.15) is 15.4 Å². The number of benzene rings is 1. The van der Waals surface area contributed by atoms with E-state index in [0.29, 0.717) is 25.7 Å². The molecular weight excluding hydrogens is 385 g/mol. The van der Waals surface area contributed by atoms with Gasteiger partial charge in [-0.3, -0.25) is 4.79 Å². The van der Waals surface area contributed by atoms with Gasteiger partial charge in [0.05, 0.1) is 16.7 Å². The van der Waals surface area contributed by atoms with Gasteiger partial charge in [0.2, 0.25) is 11.7 Å². The molecule has 0 aliphatic rings. The zero-order valence-electron chi connectivity index (χ0n) is 12.9. The first kappa shape index (κ1) is 17.6. The maximum absolute atomic E-state index is 12.8. The van der Waals surface area contributed by atoms with Crippen molar-refractivity contribution in [2.75, 3.05) is 12.3 Å². The minimum atomic E-state index is -0.489. The molecular formula is C16H11Cl2N3O3S. The minimum absolute atomic E-state index is 0.0619. The third-order valence-corrected chi connectivity index (χ3v) is 5.03. The van der Waals surface area contributed by atoms with Crippen LogP contribution in [-0.4, -0.2) is 28.3 Å². The Morgan fingerprint density at radius 3 is 2.64 bits per heavy atom. The SMILES string of the molecule is CCOC(=O)c1cc2c(C(=O)c3ccc(Cl)c(Cl)c3)nc(N)nc2s1. The molecule has 2 heterocycles. The lowest BCUT2D eigenvalue weighted by Gasteiger charge is -2.04. The van der Waals surface area contributed by atoms with Crippen molar-refractivity contribution in [2.45, 2.75) is 6.92 Å². The number of rotatable bonds is 4. The van der Waals surface area contributed by atoms with Crippen LogP contribution in [-0.2, 0) is 4.74 Å². The number of hydrogen-bond acceptors (Lipinski definition) is 7. The van der Waals surface area contributed by atoms with Crippen molar-refractivity contribution in [2.24, 2.45) is 0 Å². The standard InChI is InChI=1S/C16H11Cl2N3O3S/c1-2-24-15(23)11-6-8-12(20-16(19)21-14(8)25-11)13(22)7-3-4-9(17)10(18)5-7/h3-6H,2H2,1H3,(H2,19,20,21). The number of fused-ring (bicyclic) bond motifs is 1. The van der Waals surface area contributed by atoms with Crippen LogP contribution in [0, 0.1) is 0 Å². The maximum Gasteiger partial charge on any atom is 0.348 e. The van der Waals surface area contributed by atoms with Crippen LogP contribution in [0.2, 0.25) is 10.0 Å². The molecule has 0 fully saturated rings. The Balaban J connectivity index is 2.12. The van der Waals surface area contributed by atoms with Crippen LogP contribution in [0.4, 0.5) is 5.95 Å². The molecule has 1 aromatic carbocycles. The number of carbonyl (C=O) groups excluding carboxylic acids is 2. The van der Waals surface area contributed by atoms with Crippen LogP contribution in [0.25, 0.3) is 10.2 Å². The van der Waals surface area contributed by atoms with Crippen LogP contribution < -0.4 is 5.73 Å². The fraction of sp³-hybridized carbons (Fsp3) is 0.125. The molecule has 0 bridgehead atoms. The van der Waals surface area contributed by atoms with Gasteiger partial charge in [0.25, 0.3) is 0 Å². The highest BCUT2D eigenvalue weighted by atomic mass is 35.5. The van der Waals surface area contributed by atoms with Gasteiger partial charge in [0, 0.05) is 10.9 Å². The molecule has 0 atom stereocenters. The molecule has 0 radical (unpaired) electrons. The van der Waals surface area contributed by atoms with Crippen molar-refractivity contribution in [3.8, 4) is 0 Å². The summed E-state index contributed by atoms with van der Waals surface area (Å²) in [6.45, 7) is 1.96. The summed E-state index contributed by atoms with van der Waals surface area (Å²) in [5.41, 5.74) is 6.10. The van der Waals surface area contributed by atoms with Crippen LogP contribution >= 0.6 is 34.5 Å². The van der Waals surface area contributed by atoms with E-state index in [1.807, 2.05) is 0 Å². The first-order valence-electron chi connectivity index (χ1n) is 7.14. The number of thiophene rings is 1. The van der Waals surface area contributed by atoms with Crippen molar-refractivity contribution in [1.29, 1.82) is 0 Å². The summed E-state index contributed by atoms with van der Waals surface area (Å²) in [5.74, 6) is -0.948. The number of carbonyl (C=O) groups is 2. The quantitative estimate of drug-likeness (QED) is 0.529. The second-order valence-electron chi connectivity index (χ2n) is 4.94. The van der Waals surface area contributed by atoms with Crippen LogP contribution in [0.15, 0.2) is 24.3 Å². The van der Waals surface area contributed by atoms with E-state index in [2.05, 4.69) is 9.97 Å². The molecule has 3 aromatic rings. The van der Waals surface area contributed by atoms with Crippen LogP contribution in [0.3, 0.4) is 0 Å². The Bertz CT molecular complexity index is 1000.